The maximum atomic E-state index is 8.61. The van der Waals surface area contributed by atoms with E-state index in [0.717, 1.165) is 12.2 Å². The van der Waals surface area contributed by atoms with Crippen LogP contribution < -0.4 is 10.5 Å². The van der Waals surface area contributed by atoms with Gasteiger partial charge in [0.1, 0.15) is 5.69 Å². The third kappa shape index (κ3) is 2.17. The van der Waals surface area contributed by atoms with Crippen molar-refractivity contribution in [2.75, 3.05) is 18.9 Å². The van der Waals surface area contributed by atoms with E-state index in [-0.39, 0.29) is 6.61 Å². The van der Waals surface area contributed by atoms with Gasteiger partial charge in [-0.1, -0.05) is 0 Å². The molecule has 0 saturated carbocycles. The molecule has 3 N–H and O–H groups in total. The number of nitrogen functional groups attached to an aromatic ring is 1. The first kappa shape index (κ1) is 10.8. The Balaban J connectivity index is 2.72. The van der Waals surface area contributed by atoms with Crippen molar-refractivity contribution in [3.05, 3.63) is 5.69 Å². The molecule has 0 radical (unpaired) electrons. The minimum absolute atomic E-state index is 0.124. The molecule has 0 atom stereocenters. The van der Waals surface area contributed by atoms with Crippen LogP contribution in [0.2, 0.25) is 0 Å². The first-order chi connectivity index (χ1) is 6.70. The molecule has 1 heterocycles. The number of rotatable bonds is 5. The molecule has 1 aromatic heterocycles. The second-order valence-electron chi connectivity index (χ2n) is 3.05. The predicted octanol–water partition coefficient (Wildman–Crippen LogP) is 0.555. The van der Waals surface area contributed by atoms with Crippen molar-refractivity contribution in [1.29, 1.82) is 0 Å². The molecule has 0 amide bonds. The Morgan fingerprint density at radius 1 is 1.57 bits per heavy atom. The number of hydrogen-bond donors (Lipinski definition) is 2. The third-order valence-electron chi connectivity index (χ3n) is 1.97. The van der Waals surface area contributed by atoms with Crippen LogP contribution in [0.5, 0.6) is 5.88 Å². The molecule has 0 fully saturated rings. The Morgan fingerprint density at radius 2 is 2.29 bits per heavy atom. The number of hydrogen-bond acceptors (Lipinski definition) is 4. The maximum absolute atomic E-state index is 8.61. The van der Waals surface area contributed by atoms with E-state index in [1.54, 1.807) is 4.68 Å². The first-order valence-electron chi connectivity index (χ1n) is 4.77. The zero-order chi connectivity index (χ0) is 10.6. The Labute approximate surface area is 83.5 Å². The normalized spacial score (nSPS) is 10.5. The van der Waals surface area contributed by atoms with E-state index in [1.165, 1.54) is 0 Å². The van der Waals surface area contributed by atoms with E-state index in [2.05, 4.69) is 5.10 Å². The lowest BCUT2D eigenvalue weighted by Gasteiger charge is -2.07. The van der Waals surface area contributed by atoms with E-state index < -0.39 is 0 Å². The van der Waals surface area contributed by atoms with E-state index in [4.69, 9.17) is 15.6 Å². The van der Waals surface area contributed by atoms with Crippen LogP contribution in [0.25, 0.3) is 0 Å². The van der Waals surface area contributed by atoms with E-state index >= 15 is 0 Å². The molecule has 0 aromatic carbocycles. The number of nitrogens with zero attached hydrogens (tertiary/aromatic N) is 2. The Kier molecular flexibility index (Phi) is 3.76. The molecule has 5 heteroatoms. The predicted molar refractivity (Wildman–Crippen MR) is 54.2 cm³/mol. The number of aromatic nitrogens is 2. The van der Waals surface area contributed by atoms with Crippen LogP contribution in [0.4, 0.5) is 5.69 Å². The molecule has 0 spiro atoms. The van der Waals surface area contributed by atoms with Gasteiger partial charge in [-0.25, -0.2) is 4.68 Å². The molecular formula is C9H17N3O2. The summed E-state index contributed by atoms with van der Waals surface area (Å²) in [4.78, 5) is 0. The summed E-state index contributed by atoms with van der Waals surface area (Å²) < 4.78 is 7.16. The fourth-order valence-electron chi connectivity index (χ4n) is 1.17. The number of aliphatic hydroxyl groups is 1. The van der Waals surface area contributed by atoms with Crippen LogP contribution in [0.15, 0.2) is 0 Å². The molecular weight excluding hydrogens is 182 g/mol. The maximum Gasteiger partial charge on any atom is 0.236 e. The lowest BCUT2D eigenvalue weighted by atomic mass is 10.4. The van der Waals surface area contributed by atoms with Gasteiger partial charge >= 0.3 is 0 Å². The average Bonchev–Trinajstić information content (AvgIpc) is 2.45. The molecule has 5 nitrogen and oxygen atoms in total. The van der Waals surface area contributed by atoms with E-state index in [0.29, 0.717) is 24.6 Å². The highest BCUT2D eigenvalue weighted by molar-refractivity contribution is 5.52. The smallest absolute Gasteiger partial charge is 0.236 e. The number of nitrogens with two attached hydrogens (primary N) is 1. The van der Waals surface area contributed by atoms with Crippen LogP contribution in [0, 0.1) is 6.92 Å². The molecule has 0 aliphatic rings. The van der Waals surface area contributed by atoms with Gasteiger partial charge in [0, 0.05) is 19.6 Å². The Bertz CT molecular complexity index is 296. The first-order valence-corrected chi connectivity index (χ1v) is 4.77. The summed E-state index contributed by atoms with van der Waals surface area (Å²) in [5.74, 6) is 0.610. The summed E-state index contributed by atoms with van der Waals surface area (Å²) in [5, 5.41) is 12.8. The SMILES string of the molecule is CCn1nc(C)c(N)c1OCCCO. The van der Waals surface area contributed by atoms with Crippen LogP contribution in [-0.4, -0.2) is 28.1 Å². The number of ether oxygens (including phenoxy) is 1. The van der Waals surface area contributed by atoms with Gasteiger partial charge in [0.15, 0.2) is 0 Å². The van der Waals surface area contributed by atoms with Gasteiger partial charge in [-0.2, -0.15) is 5.10 Å². The van der Waals surface area contributed by atoms with E-state index in [1.807, 2.05) is 13.8 Å². The molecule has 0 aliphatic carbocycles. The monoisotopic (exact) mass is 199 g/mol. The molecule has 0 saturated heterocycles. The Morgan fingerprint density at radius 3 is 2.86 bits per heavy atom. The van der Waals surface area contributed by atoms with Gasteiger partial charge in [-0.05, 0) is 13.8 Å². The largest absolute Gasteiger partial charge is 0.476 e. The summed E-state index contributed by atoms with van der Waals surface area (Å²) in [6.45, 7) is 5.14. The minimum atomic E-state index is 0.124. The summed E-state index contributed by atoms with van der Waals surface area (Å²) in [5.41, 5.74) is 7.16. The lowest BCUT2D eigenvalue weighted by Crippen LogP contribution is -2.07. The second-order valence-corrected chi connectivity index (χ2v) is 3.05. The van der Waals surface area contributed by atoms with Crippen molar-refractivity contribution < 1.29 is 9.84 Å². The summed E-state index contributed by atoms with van der Waals surface area (Å²) >= 11 is 0. The van der Waals surface area contributed by atoms with Gasteiger partial charge in [-0.15, -0.1) is 0 Å². The number of aryl methyl sites for hydroxylation is 2. The quantitative estimate of drug-likeness (QED) is 0.679. The summed E-state index contributed by atoms with van der Waals surface area (Å²) in [7, 11) is 0. The topological polar surface area (TPSA) is 73.3 Å². The lowest BCUT2D eigenvalue weighted by molar-refractivity contribution is 0.223. The summed E-state index contributed by atoms with van der Waals surface area (Å²) in [6, 6.07) is 0. The molecule has 0 bridgehead atoms. The van der Waals surface area contributed by atoms with E-state index in [9.17, 15) is 0 Å². The second kappa shape index (κ2) is 4.85. The fourth-order valence-corrected chi connectivity index (χ4v) is 1.17. The van der Waals surface area contributed by atoms with Crippen LogP contribution in [0.3, 0.4) is 0 Å². The highest BCUT2D eigenvalue weighted by Crippen LogP contribution is 2.24. The van der Waals surface area contributed by atoms with Gasteiger partial charge < -0.3 is 15.6 Å². The van der Waals surface area contributed by atoms with Gasteiger partial charge in [0.2, 0.25) is 5.88 Å². The molecule has 80 valence electrons. The molecule has 1 rings (SSSR count). The van der Waals surface area contributed by atoms with Gasteiger partial charge in [0.05, 0.1) is 12.3 Å². The highest BCUT2D eigenvalue weighted by Gasteiger charge is 2.12. The average molecular weight is 199 g/mol. The van der Waals surface area contributed by atoms with Crippen LogP contribution >= 0.6 is 0 Å². The van der Waals surface area contributed by atoms with Crippen molar-refractivity contribution in [3.8, 4) is 5.88 Å². The number of anilines is 1. The molecule has 0 aliphatic heterocycles. The minimum Gasteiger partial charge on any atom is -0.476 e. The highest BCUT2D eigenvalue weighted by atomic mass is 16.5. The van der Waals surface area contributed by atoms with Crippen molar-refractivity contribution in [2.24, 2.45) is 0 Å². The van der Waals surface area contributed by atoms with Gasteiger partial charge in [0.25, 0.3) is 0 Å². The number of aliphatic hydroxyl groups excluding tert-OH is 1. The van der Waals surface area contributed by atoms with Crippen LogP contribution in [-0.2, 0) is 6.54 Å². The van der Waals surface area contributed by atoms with Crippen molar-refractivity contribution >= 4 is 5.69 Å². The summed E-state index contributed by atoms with van der Waals surface area (Å²) in [6.07, 6.45) is 0.605. The fraction of sp³-hybridized carbons (Fsp3) is 0.667. The zero-order valence-electron chi connectivity index (χ0n) is 8.66. The molecule has 0 unspecified atom stereocenters. The third-order valence-corrected chi connectivity index (χ3v) is 1.97. The van der Waals surface area contributed by atoms with Crippen molar-refractivity contribution in [1.82, 2.24) is 9.78 Å². The van der Waals surface area contributed by atoms with Crippen molar-refractivity contribution in [2.45, 2.75) is 26.8 Å². The zero-order valence-corrected chi connectivity index (χ0v) is 8.66. The van der Waals surface area contributed by atoms with Crippen molar-refractivity contribution in [3.63, 3.8) is 0 Å². The standard InChI is InChI=1S/C9H17N3O2/c1-3-12-9(14-6-4-5-13)8(10)7(2)11-12/h13H,3-6,10H2,1-2H3. The molecule has 14 heavy (non-hydrogen) atoms. The Hall–Kier alpha value is -1.23. The molecule has 1 aromatic rings. The van der Waals surface area contributed by atoms with Gasteiger partial charge in [-0.3, -0.25) is 0 Å². The van der Waals surface area contributed by atoms with Crippen LogP contribution in [0.1, 0.15) is 19.0 Å².